The number of carboxylic acids is 1. The minimum Gasteiger partial charge on any atom is -0.478 e. The van der Waals surface area contributed by atoms with Gasteiger partial charge in [0.05, 0.1) is 28.2 Å². The van der Waals surface area contributed by atoms with Gasteiger partial charge in [-0.25, -0.2) is 17.9 Å². The van der Waals surface area contributed by atoms with Gasteiger partial charge in [0.1, 0.15) is 0 Å². The highest BCUT2D eigenvalue weighted by Gasteiger charge is 2.22. The lowest BCUT2D eigenvalue weighted by Gasteiger charge is -2.13. The molecule has 27 heavy (non-hydrogen) atoms. The maximum absolute atomic E-state index is 12.7. The van der Waals surface area contributed by atoms with Crippen molar-refractivity contribution in [3.63, 3.8) is 0 Å². The van der Waals surface area contributed by atoms with Crippen molar-refractivity contribution in [2.75, 3.05) is 13.2 Å². The smallest absolute Gasteiger partial charge is 0.335 e. The summed E-state index contributed by atoms with van der Waals surface area (Å²) in [6.07, 6.45) is 1.48. The molecule has 0 saturated carbocycles. The number of hydrogen-bond acceptors (Lipinski definition) is 5. The monoisotopic (exact) mass is 386 g/mol. The van der Waals surface area contributed by atoms with Crippen molar-refractivity contribution in [2.45, 2.75) is 23.8 Å². The zero-order valence-corrected chi connectivity index (χ0v) is 15.2. The number of ether oxygens (including phenoxy) is 1. The summed E-state index contributed by atoms with van der Waals surface area (Å²) in [5, 5.41) is 18.7. The van der Waals surface area contributed by atoms with E-state index < -0.39 is 16.0 Å². The summed E-state index contributed by atoms with van der Waals surface area (Å²) in [6, 6.07) is 12.5. The lowest BCUT2D eigenvalue weighted by Crippen LogP contribution is -2.32. The standard InChI is InChI=1S/C19H18N2O5S/c20-11-13-4-1-2-6-18(13)14-8-15(19(22)23)10-17(9-14)27(24,25)21-12-16-5-3-7-26-16/h1-2,4,6,8-10,16,21H,3,5,7,12H2,(H,22,23)/t16-/m1/s1. The van der Waals surface area contributed by atoms with Crippen LogP contribution in [0, 0.1) is 11.3 Å². The van der Waals surface area contributed by atoms with Gasteiger partial charge < -0.3 is 9.84 Å². The maximum atomic E-state index is 12.7. The Morgan fingerprint density at radius 3 is 2.74 bits per heavy atom. The van der Waals surface area contributed by atoms with Crippen molar-refractivity contribution in [3.05, 3.63) is 53.6 Å². The number of rotatable bonds is 6. The summed E-state index contributed by atoms with van der Waals surface area (Å²) >= 11 is 0. The number of hydrogen-bond donors (Lipinski definition) is 2. The largest absolute Gasteiger partial charge is 0.478 e. The Morgan fingerprint density at radius 2 is 2.07 bits per heavy atom. The molecule has 0 radical (unpaired) electrons. The fourth-order valence-electron chi connectivity index (χ4n) is 2.96. The van der Waals surface area contributed by atoms with E-state index in [4.69, 9.17) is 4.74 Å². The highest BCUT2D eigenvalue weighted by molar-refractivity contribution is 7.89. The molecular formula is C19H18N2O5S. The van der Waals surface area contributed by atoms with E-state index in [0.29, 0.717) is 23.3 Å². The number of carboxylic acid groups (broad SMARTS) is 1. The number of carbonyl (C=O) groups is 1. The van der Waals surface area contributed by atoms with Crippen molar-refractivity contribution >= 4 is 16.0 Å². The van der Waals surface area contributed by atoms with E-state index in [-0.39, 0.29) is 23.1 Å². The Morgan fingerprint density at radius 1 is 1.30 bits per heavy atom. The first-order valence-corrected chi connectivity index (χ1v) is 9.88. The van der Waals surface area contributed by atoms with Crippen LogP contribution in [0.4, 0.5) is 0 Å². The summed E-state index contributed by atoms with van der Waals surface area (Å²) in [5.41, 5.74) is 0.983. The molecule has 7 nitrogen and oxygen atoms in total. The van der Waals surface area contributed by atoms with Gasteiger partial charge in [-0.3, -0.25) is 0 Å². The predicted octanol–water partition coefficient (Wildman–Crippen LogP) is 2.38. The number of nitrogens with zero attached hydrogens (tertiary/aromatic N) is 1. The molecule has 2 aromatic rings. The third-order valence-corrected chi connectivity index (χ3v) is 5.75. The molecule has 140 valence electrons. The van der Waals surface area contributed by atoms with Gasteiger partial charge in [0.25, 0.3) is 0 Å². The van der Waals surface area contributed by atoms with Gasteiger partial charge in [0.15, 0.2) is 0 Å². The summed E-state index contributed by atoms with van der Waals surface area (Å²) in [5.74, 6) is -1.25. The van der Waals surface area contributed by atoms with E-state index in [9.17, 15) is 23.6 Å². The number of benzene rings is 2. The Hall–Kier alpha value is -2.73. The van der Waals surface area contributed by atoms with Gasteiger partial charge in [-0.15, -0.1) is 0 Å². The van der Waals surface area contributed by atoms with Gasteiger partial charge in [0, 0.05) is 13.2 Å². The zero-order valence-electron chi connectivity index (χ0n) is 14.4. The molecule has 3 rings (SSSR count). The van der Waals surface area contributed by atoms with Gasteiger partial charge in [-0.1, -0.05) is 18.2 Å². The van der Waals surface area contributed by atoms with Crippen LogP contribution in [-0.4, -0.2) is 38.7 Å². The van der Waals surface area contributed by atoms with Crippen molar-refractivity contribution in [3.8, 4) is 17.2 Å². The molecule has 2 N–H and O–H groups in total. The lowest BCUT2D eigenvalue weighted by atomic mass is 9.99. The third kappa shape index (κ3) is 4.34. The molecule has 1 heterocycles. The first-order valence-electron chi connectivity index (χ1n) is 8.40. The zero-order chi connectivity index (χ0) is 19.4. The molecule has 1 aliphatic rings. The third-order valence-electron chi connectivity index (χ3n) is 4.35. The molecule has 0 aromatic heterocycles. The van der Waals surface area contributed by atoms with E-state index in [1.54, 1.807) is 24.3 Å². The Kier molecular flexibility index (Phi) is 5.56. The van der Waals surface area contributed by atoms with Crippen LogP contribution >= 0.6 is 0 Å². The number of nitrogens with one attached hydrogen (secondary N) is 1. The fraction of sp³-hybridized carbons (Fsp3) is 0.263. The van der Waals surface area contributed by atoms with Crippen LogP contribution in [0.25, 0.3) is 11.1 Å². The van der Waals surface area contributed by atoms with E-state index in [1.165, 1.54) is 12.1 Å². The van der Waals surface area contributed by atoms with Crippen LogP contribution in [0.5, 0.6) is 0 Å². The molecule has 1 saturated heterocycles. The predicted molar refractivity (Wildman–Crippen MR) is 97.7 cm³/mol. The quantitative estimate of drug-likeness (QED) is 0.787. The summed E-state index contributed by atoms with van der Waals surface area (Å²) < 4.78 is 33.2. The molecule has 2 aromatic carbocycles. The molecule has 0 aliphatic carbocycles. The van der Waals surface area contributed by atoms with Crippen molar-refractivity contribution in [1.82, 2.24) is 4.72 Å². The first-order chi connectivity index (χ1) is 12.9. The molecule has 1 fully saturated rings. The second-order valence-corrected chi connectivity index (χ2v) is 7.96. The number of sulfonamides is 1. The van der Waals surface area contributed by atoms with Gasteiger partial charge in [-0.05, 0) is 48.2 Å². The lowest BCUT2D eigenvalue weighted by molar-refractivity contribution is 0.0696. The van der Waals surface area contributed by atoms with E-state index in [2.05, 4.69) is 4.72 Å². The van der Waals surface area contributed by atoms with Crippen molar-refractivity contribution in [1.29, 1.82) is 5.26 Å². The van der Waals surface area contributed by atoms with Crippen LogP contribution in [0.1, 0.15) is 28.8 Å². The molecule has 8 heteroatoms. The van der Waals surface area contributed by atoms with Crippen LogP contribution in [-0.2, 0) is 14.8 Å². The molecule has 1 aliphatic heterocycles. The fourth-order valence-corrected chi connectivity index (χ4v) is 4.09. The average Bonchev–Trinajstić information content (AvgIpc) is 3.19. The topological polar surface area (TPSA) is 116 Å². The Balaban J connectivity index is 2.01. The SMILES string of the molecule is N#Cc1ccccc1-c1cc(C(=O)O)cc(S(=O)(=O)NC[C@H]2CCCO2)c1. The molecular weight excluding hydrogens is 368 g/mol. The number of nitriles is 1. The second-order valence-electron chi connectivity index (χ2n) is 6.20. The minimum absolute atomic E-state index is 0.129. The van der Waals surface area contributed by atoms with E-state index in [0.717, 1.165) is 18.9 Å². The molecule has 0 amide bonds. The summed E-state index contributed by atoms with van der Waals surface area (Å²) in [6.45, 7) is 0.736. The Labute approximate surface area is 157 Å². The minimum atomic E-state index is -3.93. The average molecular weight is 386 g/mol. The van der Waals surface area contributed by atoms with E-state index in [1.807, 2.05) is 6.07 Å². The highest BCUT2D eigenvalue weighted by Crippen LogP contribution is 2.27. The highest BCUT2D eigenvalue weighted by atomic mass is 32.2. The molecule has 1 atom stereocenters. The Bertz CT molecular complexity index is 1010. The molecule has 0 bridgehead atoms. The number of aromatic carboxylic acids is 1. The second kappa shape index (κ2) is 7.88. The van der Waals surface area contributed by atoms with Crippen molar-refractivity contribution < 1.29 is 23.1 Å². The van der Waals surface area contributed by atoms with Crippen LogP contribution < -0.4 is 4.72 Å². The molecule has 0 unspecified atom stereocenters. The van der Waals surface area contributed by atoms with Crippen molar-refractivity contribution in [2.24, 2.45) is 0 Å². The summed E-state index contributed by atoms with van der Waals surface area (Å²) in [7, 11) is -3.93. The van der Waals surface area contributed by atoms with Gasteiger partial charge in [-0.2, -0.15) is 5.26 Å². The first kappa shape index (κ1) is 19.0. The van der Waals surface area contributed by atoms with Gasteiger partial charge in [0.2, 0.25) is 10.0 Å². The van der Waals surface area contributed by atoms with Crippen LogP contribution in [0.15, 0.2) is 47.4 Å². The maximum Gasteiger partial charge on any atom is 0.335 e. The van der Waals surface area contributed by atoms with Crippen LogP contribution in [0.3, 0.4) is 0 Å². The van der Waals surface area contributed by atoms with E-state index >= 15 is 0 Å². The normalized spacial score (nSPS) is 16.8. The summed E-state index contributed by atoms with van der Waals surface area (Å²) in [4.78, 5) is 11.3. The van der Waals surface area contributed by atoms with Gasteiger partial charge >= 0.3 is 5.97 Å². The molecule has 0 spiro atoms. The van der Waals surface area contributed by atoms with Crippen LogP contribution in [0.2, 0.25) is 0 Å².